The summed E-state index contributed by atoms with van der Waals surface area (Å²) in [7, 11) is 0. The molecule has 0 radical (unpaired) electrons. The molecule has 16 heteroatoms. The molecule has 0 bridgehead atoms. The molecule has 4 rings (SSSR count). The number of halogens is 5. The van der Waals surface area contributed by atoms with Crippen molar-refractivity contribution in [2.75, 3.05) is 32.8 Å². The van der Waals surface area contributed by atoms with Gasteiger partial charge >= 0.3 is 12.2 Å². The van der Waals surface area contributed by atoms with E-state index in [1.165, 1.54) is 26.1 Å². The van der Waals surface area contributed by atoms with Crippen LogP contribution in [0, 0.1) is 11.6 Å². The van der Waals surface area contributed by atoms with Gasteiger partial charge in [-0.1, -0.05) is 12.1 Å². The van der Waals surface area contributed by atoms with E-state index in [0.29, 0.717) is 11.8 Å². The first-order chi connectivity index (χ1) is 20.5. The fraction of sp³-hybridized carbons (Fsp3) is 0.464. The number of ether oxygens (including phenoxy) is 1. The summed E-state index contributed by atoms with van der Waals surface area (Å²) in [5, 5.41) is 2.47. The van der Waals surface area contributed by atoms with Gasteiger partial charge in [-0.3, -0.25) is 24.3 Å². The summed E-state index contributed by atoms with van der Waals surface area (Å²) in [5.74, 6) is -4.37. The Balaban J connectivity index is 1.61. The van der Waals surface area contributed by atoms with E-state index in [9.17, 15) is 41.1 Å². The number of hydrogen-bond donors (Lipinski definition) is 2. The third kappa shape index (κ3) is 7.13. The lowest BCUT2D eigenvalue weighted by Gasteiger charge is -2.45. The van der Waals surface area contributed by atoms with E-state index in [2.05, 4.69) is 10.3 Å². The Bertz CT molecular complexity index is 1420. The number of hydrogen-bond acceptors (Lipinski definition) is 7. The molecule has 44 heavy (non-hydrogen) atoms. The highest BCUT2D eigenvalue weighted by atomic mass is 19.4. The van der Waals surface area contributed by atoms with E-state index >= 15 is 0 Å². The second kappa shape index (κ2) is 12.4. The number of pyridine rings is 1. The number of carbonyl (C=O) groups is 4. The summed E-state index contributed by atoms with van der Waals surface area (Å²) in [5.41, 5.74) is 2.80. The summed E-state index contributed by atoms with van der Waals surface area (Å²) in [6.07, 6.45) is -3.74. The Kier molecular flexibility index (Phi) is 9.25. The highest BCUT2D eigenvalue weighted by molar-refractivity contribution is 6.08. The van der Waals surface area contributed by atoms with E-state index in [4.69, 9.17) is 10.5 Å². The molecule has 2 aliphatic heterocycles. The smallest absolute Gasteiger partial charge is 0.374 e. The zero-order valence-corrected chi connectivity index (χ0v) is 23.9. The van der Waals surface area contributed by atoms with Gasteiger partial charge in [0.2, 0.25) is 11.8 Å². The first-order valence-corrected chi connectivity index (χ1v) is 13.5. The minimum Gasteiger partial charge on any atom is -0.374 e. The maximum Gasteiger partial charge on any atom is 0.406 e. The van der Waals surface area contributed by atoms with Crippen LogP contribution in [0.3, 0.4) is 0 Å². The molecule has 3 N–H and O–H groups in total. The van der Waals surface area contributed by atoms with E-state index in [1.807, 2.05) is 0 Å². The van der Waals surface area contributed by atoms with Gasteiger partial charge < -0.3 is 25.6 Å². The number of alkyl halides is 3. The standard InChI is InChI=1S/C28H31F5N6O5/c1-26(2,34)23(41)36-21(14-44-13-17-6-7-18(29)11-20(17)30)22(40)37-9-10-39-25(43)38(16-28(31,32)33)24(42)27(39,15-37)12-19-5-3-4-8-35-19/h3-8,11,21H,9-10,12-16,34H2,1-2H3,(H,36,41)/t21-,27-/m1/s1. The minimum absolute atomic E-state index is 0.0224. The van der Waals surface area contributed by atoms with Crippen LogP contribution >= 0.6 is 0 Å². The number of carbonyl (C=O) groups excluding carboxylic acids is 4. The van der Waals surface area contributed by atoms with Crippen molar-refractivity contribution in [1.29, 1.82) is 0 Å². The van der Waals surface area contributed by atoms with Crippen molar-refractivity contribution < 1.29 is 45.9 Å². The Labute approximate surface area is 249 Å². The zero-order valence-electron chi connectivity index (χ0n) is 23.9. The first kappa shape index (κ1) is 32.7. The molecular weight excluding hydrogens is 595 g/mol. The average Bonchev–Trinajstić information content (AvgIpc) is 3.13. The largest absolute Gasteiger partial charge is 0.406 e. The minimum atomic E-state index is -4.87. The number of fused-ring (bicyclic) bond motifs is 1. The van der Waals surface area contributed by atoms with Gasteiger partial charge in [0.25, 0.3) is 5.91 Å². The highest BCUT2D eigenvalue weighted by Crippen LogP contribution is 2.36. The number of nitrogens with two attached hydrogens (primary N) is 1. The topological polar surface area (TPSA) is 138 Å². The fourth-order valence-electron chi connectivity index (χ4n) is 5.06. The normalized spacial score (nSPS) is 19.7. The number of imide groups is 1. The van der Waals surface area contributed by atoms with Gasteiger partial charge in [0.15, 0.2) is 0 Å². The predicted molar refractivity (Wildman–Crippen MR) is 143 cm³/mol. The van der Waals surface area contributed by atoms with E-state index < -0.39 is 85.0 Å². The van der Waals surface area contributed by atoms with Crippen LogP contribution in [0.25, 0.3) is 0 Å². The van der Waals surface area contributed by atoms with E-state index in [1.54, 1.807) is 12.1 Å². The molecule has 238 valence electrons. The molecule has 5 amide bonds. The van der Waals surface area contributed by atoms with Crippen molar-refractivity contribution in [3.8, 4) is 0 Å². The van der Waals surface area contributed by atoms with Gasteiger partial charge in [-0.2, -0.15) is 13.2 Å². The van der Waals surface area contributed by atoms with Crippen LogP contribution in [-0.4, -0.2) is 99.5 Å². The maximum absolute atomic E-state index is 14.1. The summed E-state index contributed by atoms with van der Waals surface area (Å²) in [4.78, 5) is 59.7. The van der Waals surface area contributed by atoms with Crippen LogP contribution in [0.1, 0.15) is 25.1 Å². The fourth-order valence-corrected chi connectivity index (χ4v) is 5.06. The Morgan fingerprint density at radius 1 is 1.14 bits per heavy atom. The van der Waals surface area contributed by atoms with Crippen molar-refractivity contribution in [3.05, 3.63) is 65.5 Å². The van der Waals surface area contributed by atoms with Crippen LogP contribution in [0.15, 0.2) is 42.6 Å². The second-order valence-electron chi connectivity index (χ2n) is 11.2. The molecule has 0 aliphatic carbocycles. The number of amides is 5. The van der Waals surface area contributed by atoms with Crippen LogP contribution in [0.4, 0.5) is 26.7 Å². The monoisotopic (exact) mass is 626 g/mol. The highest BCUT2D eigenvalue weighted by Gasteiger charge is 2.61. The predicted octanol–water partition coefficient (Wildman–Crippen LogP) is 1.75. The van der Waals surface area contributed by atoms with Gasteiger partial charge in [-0.05, 0) is 32.0 Å². The van der Waals surface area contributed by atoms with Crippen LogP contribution in [0.2, 0.25) is 0 Å². The number of urea groups is 1. The third-order valence-electron chi connectivity index (χ3n) is 7.26. The molecule has 2 aromatic rings. The van der Waals surface area contributed by atoms with Gasteiger partial charge in [-0.15, -0.1) is 0 Å². The molecular formula is C28H31F5N6O5. The lowest BCUT2D eigenvalue weighted by molar-refractivity contribution is -0.157. The number of nitrogens with zero attached hydrogens (tertiary/aromatic N) is 4. The summed E-state index contributed by atoms with van der Waals surface area (Å²) in [6.45, 7) is -0.917. The Morgan fingerprint density at radius 2 is 1.86 bits per heavy atom. The molecule has 2 atom stereocenters. The van der Waals surface area contributed by atoms with Crippen molar-refractivity contribution in [3.63, 3.8) is 0 Å². The molecule has 0 spiro atoms. The SMILES string of the molecule is CC(C)(N)C(=O)N[C@H](COCc1ccc(F)cc1F)C(=O)N1CCN2C(=O)N(CC(F)(F)F)C(=O)[C@@]2(Cc2ccccn2)C1. The Morgan fingerprint density at radius 3 is 2.48 bits per heavy atom. The molecule has 0 saturated carbocycles. The average molecular weight is 627 g/mol. The van der Waals surface area contributed by atoms with Crippen LogP contribution in [-0.2, 0) is 32.1 Å². The van der Waals surface area contributed by atoms with Crippen molar-refractivity contribution in [1.82, 2.24) is 25.0 Å². The summed E-state index contributed by atoms with van der Waals surface area (Å²) >= 11 is 0. The van der Waals surface area contributed by atoms with Crippen molar-refractivity contribution in [2.24, 2.45) is 5.73 Å². The number of nitrogens with one attached hydrogen (secondary N) is 1. The van der Waals surface area contributed by atoms with Crippen molar-refractivity contribution in [2.45, 2.75) is 50.2 Å². The Hall–Kier alpha value is -4.18. The molecule has 2 saturated heterocycles. The third-order valence-corrected chi connectivity index (χ3v) is 7.26. The van der Waals surface area contributed by atoms with E-state index in [0.717, 1.165) is 21.9 Å². The number of piperazine rings is 1. The first-order valence-electron chi connectivity index (χ1n) is 13.5. The zero-order chi connectivity index (χ0) is 32.4. The summed E-state index contributed by atoms with van der Waals surface area (Å²) in [6, 6.07) is 4.99. The quantitative estimate of drug-likeness (QED) is 0.303. The molecule has 3 heterocycles. The summed E-state index contributed by atoms with van der Waals surface area (Å²) < 4.78 is 73.0. The van der Waals surface area contributed by atoms with Gasteiger partial charge in [-0.25, -0.2) is 13.6 Å². The van der Waals surface area contributed by atoms with Crippen LogP contribution in [0.5, 0.6) is 0 Å². The second-order valence-corrected chi connectivity index (χ2v) is 11.2. The number of rotatable bonds is 10. The lowest BCUT2D eigenvalue weighted by Crippen LogP contribution is -2.67. The molecule has 0 unspecified atom stereocenters. The van der Waals surface area contributed by atoms with Gasteiger partial charge in [0, 0.05) is 43.0 Å². The lowest BCUT2D eigenvalue weighted by atomic mass is 9.88. The maximum atomic E-state index is 14.1. The molecule has 2 fully saturated rings. The molecule has 11 nitrogen and oxygen atoms in total. The number of aromatic nitrogens is 1. The molecule has 1 aromatic heterocycles. The number of benzene rings is 1. The van der Waals surface area contributed by atoms with Gasteiger partial charge in [0.05, 0.1) is 25.3 Å². The van der Waals surface area contributed by atoms with Crippen molar-refractivity contribution >= 4 is 23.8 Å². The van der Waals surface area contributed by atoms with Crippen LogP contribution < -0.4 is 11.1 Å². The van der Waals surface area contributed by atoms with Gasteiger partial charge in [0.1, 0.15) is 29.8 Å². The van der Waals surface area contributed by atoms with E-state index in [-0.39, 0.29) is 30.0 Å². The molecule has 2 aliphatic rings. The molecule has 1 aromatic carbocycles.